The number of aliphatic carboxylic acids is 1. The predicted octanol–water partition coefficient (Wildman–Crippen LogP) is 2.58. The molecule has 3 nitrogen and oxygen atoms in total. The molecule has 0 radical (unpaired) electrons. The topological polar surface area (TPSA) is 57.5 Å². The summed E-state index contributed by atoms with van der Waals surface area (Å²) < 4.78 is -1.77. The van der Waals surface area contributed by atoms with Gasteiger partial charge in [-0.2, -0.15) is 0 Å². The number of halogens is 2. The number of alkyl halides is 2. The van der Waals surface area contributed by atoms with Gasteiger partial charge in [0.1, 0.15) is 0 Å². The fourth-order valence-electron chi connectivity index (χ4n) is 4.81. The van der Waals surface area contributed by atoms with Crippen molar-refractivity contribution in [3.8, 4) is 0 Å². The van der Waals surface area contributed by atoms with Crippen LogP contribution in [-0.2, 0) is 4.79 Å². The van der Waals surface area contributed by atoms with E-state index in [1.54, 1.807) is 0 Å². The number of aliphatic hydroxyl groups is 1. The van der Waals surface area contributed by atoms with Crippen LogP contribution in [0.3, 0.4) is 0 Å². The molecule has 4 rings (SSSR count). The van der Waals surface area contributed by atoms with Crippen LogP contribution in [-0.4, -0.2) is 26.1 Å². The molecule has 2 unspecified atom stereocenters. The molecule has 17 heavy (non-hydrogen) atoms. The smallest absolute Gasteiger partial charge is 0.340 e. The Balaban J connectivity index is 2.01. The van der Waals surface area contributed by atoms with Gasteiger partial charge in [-0.25, -0.2) is 4.79 Å². The second-order valence-corrected chi connectivity index (χ2v) is 7.67. The quantitative estimate of drug-likeness (QED) is 0.764. The minimum atomic E-state index is -1.77. The first-order valence-corrected chi connectivity index (χ1v) is 6.86. The zero-order valence-electron chi connectivity index (χ0n) is 9.46. The van der Waals surface area contributed by atoms with Crippen LogP contribution in [0.5, 0.6) is 0 Å². The molecule has 5 heteroatoms. The second kappa shape index (κ2) is 3.31. The molecule has 0 aromatic rings. The Bertz CT molecular complexity index is 366. The molecular formula is C12H16Cl2O3. The third kappa shape index (κ3) is 1.55. The van der Waals surface area contributed by atoms with Gasteiger partial charge in [-0.1, -0.05) is 23.2 Å². The summed E-state index contributed by atoms with van der Waals surface area (Å²) in [6.07, 6.45) is 4.58. The zero-order chi connectivity index (χ0) is 12.5. The maximum absolute atomic E-state index is 11.3. The molecule has 4 saturated carbocycles. The molecule has 4 aliphatic carbocycles. The Morgan fingerprint density at radius 3 is 2.12 bits per heavy atom. The molecule has 0 spiro atoms. The number of hydrogen-bond acceptors (Lipinski definition) is 2. The normalized spacial score (nSPS) is 48.4. The summed E-state index contributed by atoms with van der Waals surface area (Å²) in [5, 5.41) is 19.7. The van der Waals surface area contributed by atoms with Gasteiger partial charge in [0.2, 0.25) is 4.33 Å². The molecule has 4 atom stereocenters. The fraction of sp³-hybridized carbons (Fsp3) is 0.917. The minimum absolute atomic E-state index is 0.387. The van der Waals surface area contributed by atoms with Crippen LogP contribution >= 0.6 is 23.2 Å². The van der Waals surface area contributed by atoms with Gasteiger partial charge >= 0.3 is 5.97 Å². The highest BCUT2D eigenvalue weighted by molar-refractivity contribution is 6.58. The maximum atomic E-state index is 11.3. The number of carboxylic acids is 1. The molecule has 96 valence electrons. The fourth-order valence-corrected chi connectivity index (χ4v) is 5.25. The van der Waals surface area contributed by atoms with Gasteiger partial charge < -0.3 is 10.2 Å². The van der Waals surface area contributed by atoms with E-state index in [2.05, 4.69) is 0 Å². The van der Waals surface area contributed by atoms with E-state index in [1.807, 2.05) is 0 Å². The highest BCUT2D eigenvalue weighted by atomic mass is 35.5. The van der Waals surface area contributed by atoms with Crippen molar-refractivity contribution in [2.24, 2.45) is 17.3 Å². The van der Waals surface area contributed by atoms with E-state index < -0.39 is 21.3 Å². The van der Waals surface area contributed by atoms with Gasteiger partial charge in [0, 0.05) is 5.41 Å². The second-order valence-electron chi connectivity index (χ2n) is 6.35. The Morgan fingerprint density at radius 1 is 1.18 bits per heavy atom. The van der Waals surface area contributed by atoms with Gasteiger partial charge in [0.05, 0.1) is 5.60 Å². The van der Waals surface area contributed by atoms with Crippen LogP contribution in [0.15, 0.2) is 0 Å². The maximum Gasteiger partial charge on any atom is 0.340 e. The van der Waals surface area contributed by atoms with Crippen LogP contribution < -0.4 is 0 Å². The summed E-state index contributed by atoms with van der Waals surface area (Å²) in [4.78, 5) is 11.3. The average Bonchev–Trinajstić information content (AvgIpc) is 2.12. The first kappa shape index (κ1) is 12.1. The molecule has 4 aliphatic rings. The number of carbonyl (C=O) groups is 1. The van der Waals surface area contributed by atoms with E-state index in [-0.39, 0.29) is 0 Å². The first-order valence-electron chi connectivity index (χ1n) is 6.10. The Hall–Kier alpha value is 0.01000. The standard InChI is InChI=1S/C12H16Cl2O3/c13-12(14,9(15)16)10-2-7-1-8(3-10)5-11(17,4-7)6-10/h7-8,17H,1-6H2,(H,15,16)/t7-,8+,10?,11?. The average molecular weight is 279 g/mol. The van der Waals surface area contributed by atoms with Gasteiger partial charge in [-0.3, -0.25) is 0 Å². The van der Waals surface area contributed by atoms with Crippen molar-refractivity contribution in [2.75, 3.05) is 0 Å². The van der Waals surface area contributed by atoms with Crippen molar-refractivity contribution in [2.45, 2.75) is 48.5 Å². The molecule has 0 aromatic carbocycles. The third-order valence-corrected chi connectivity index (χ3v) is 6.09. The van der Waals surface area contributed by atoms with E-state index in [4.69, 9.17) is 23.2 Å². The lowest BCUT2D eigenvalue weighted by Crippen LogP contribution is -2.62. The molecule has 0 saturated heterocycles. The molecule has 4 bridgehead atoms. The molecule has 0 aliphatic heterocycles. The summed E-state index contributed by atoms with van der Waals surface area (Å²) in [7, 11) is 0. The summed E-state index contributed by atoms with van der Waals surface area (Å²) in [5.74, 6) is -0.402. The molecule has 4 fully saturated rings. The van der Waals surface area contributed by atoms with Crippen LogP contribution in [0, 0.1) is 17.3 Å². The largest absolute Gasteiger partial charge is 0.479 e. The van der Waals surface area contributed by atoms with Gasteiger partial charge in [0.15, 0.2) is 0 Å². The minimum Gasteiger partial charge on any atom is -0.479 e. The van der Waals surface area contributed by atoms with Crippen molar-refractivity contribution in [1.82, 2.24) is 0 Å². The van der Waals surface area contributed by atoms with Crippen molar-refractivity contribution < 1.29 is 15.0 Å². The Labute approximate surface area is 110 Å². The monoisotopic (exact) mass is 278 g/mol. The van der Waals surface area contributed by atoms with Gasteiger partial charge in [-0.15, -0.1) is 0 Å². The van der Waals surface area contributed by atoms with Crippen LogP contribution in [0.25, 0.3) is 0 Å². The summed E-state index contributed by atoms with van der Waals surface area (Å²) in [5.41, 5.74) is -1.37. The van der Waals surface area contributed by atoms with E-state index in [1.165, 1.54) is 0 Å². The van der Waals surface area contributed by atoms with Crippen molar-refractivity contribution >= 4 is 29.2 Å². The Morgan fingerprint density at radius 2 is 1.71 bits per heavy atom. The molecule has 2 N–H and O–H groups in total. The molecular weight excluding hydrogens is 263 g/mol. The van der Waals surface area contributed by atoms with Crippen molar-refractivity contribution in [1.29, 1.82) is 0 Å². The lowest BCUT2D eigenvalue weighted by atomic mass is 9.47. The lowest BCUT2D eigenvalue weighted by molar-refractivity contribution is -0.177. The first-order chi connectivity index (χ1) is 7.76. The van der Waals surface area contributed by atoms with Gasteiger partial charge in [-0.05, 0) is 50.4 Å². The molecule has 0 aromatic heterocycles. The predicted molar refractivity (Wildman–Crippen MR) is 64.1 cm³/mol. The lowest BCUT2D eigenvalue weighted by Gasteiger charge is -2.62. The summed E-state index contributed by atoms with van der Waals surface area (Å²) in [6, 6.07) is 0. The third-order valence-electron chi connectivity index (χ3n) is 4.96. The highest BCUT2D eigenvalue weighted by Crippen LogP contribution is 2.67. The van der Waals surface area contributed by atoms with E-state index in [0.717, 1.165) is 32.1 Å². The van der Waals surface area contributed by atoms with Crippen LogP contribution in [0.4, 0.5) is 0 Å². The summed E-state index contributed by atoms with van der Waals surface area (Å²) >= 11 is 12.2. The van der Waals surface area contributed by atoms with Gasteiger partial charge in [0.25, 0.3) is 0 Å². The Kier molecular flexibility index (Phi) is 2.35. The SMILES string of the molecule is O=C(O)C(Cl)(Cl)C12C[C@@H]3C[C@@H](CC(O)(C3)C1)C2. The zero-order valence-corrected chi connectivity index (χ0v) is 11.0. The van der Waals surface area contributed by atoms with E-state index >= 15 is 0 Å². The van der Waals surface area contributed by atoms with Crippen molar-refractivity contribution in [3.63, 3.8) is 0 Å². The molecule has 0 amide bonds. The number of hydrogen-bond donors (Lipinski definition) is 2. The van der Waals surface area contributed by atoms with Crippen LogP contribution in [0.2, 0.25) is 0 Å². The van der Waals surface area contributed by atoms with Crippen LogP contribution in [0.1, 0.15) is 38.5 Å². The molecule has 0 heterocycles. The summed E-state index contributed by atoms with van der Waals surface area (Å²) in [6.45, 7) is 0. The number of rotatable bonds is 2. The highest BCUT2D eigenvalue weighted by Gasteiger charge is 2.66. The van der Waals surface area contributed by atoms with E-state index in [0.29, 0.717) is 18.3 Å². The van der Waals surface area contributed by atoms with Crippen molar-refractivity contribution in [3.05, 3.63) is 0 Å². The number of carboxylic acid groups (broad SMARTS) is 1. The van der Waals surface area contributed by atoms with E-state index in [9.17, 15) is 15.0 Å².